The number of rotatable bonds is 6. The minimum Gasteiger partial charge on any atom is -0.469 e. The molecule has 3 atom stereocenters. The lowest BCUT2D eigenvalue weighted by Gasteiger charge is -2.21. The molecule has 0 aromatic carbocycles. The molecule has 1 aromatic heterocycles. The first-order valence-corrected chi connectivity index (χ1v) is 7.97. The van der Waals surface area contributed by atoms with Crippen LogP contribution in [0.2, 0.25) is 0 Å². The molecule has 4 heteroatoms. The quantitative estimate of drug-likeness (QED) is 0.811. The number of ether oxygens (including phenoxy) is 1. The smallest absolute Gasteiger partial charge is 0.307 e. The van der Waals surface area contributed by atoms with E-state index >= 15 is 0 Å². The molecule has 3 unspecified atom stereocenters. The fourth-order valence-electron chi connectivity index (χ4n) is 2.86. The van der Waals surface area contributed by atoms with Crippen LogP contribution in [0.5, 0.6) is 0 Å². The molecule has 106 valence electrons. The molecule has 0 aliphatic heterocycles. The predicted octanol–water partition coefficient (Wildman–Crippen LogP) is 3.52. The predicted molar refractivity (Wildman–Crippen MR) is 78.2 cm³/mol. The van der Waals surface area contributed by atoms with E-state index in [4.69, 9.17) is 4.74 Å². The Hall–Kier alpha value is -0.870. The third kappa shape index (κ3) is 4.05. The lowest BCUT2D eigenvalue weighted by molar-refractivity contribution is -0.141. The minimum absolute atomic E-state index is 0.105. The van der Waals surface area contributed by atoms with Gasteiger partial charge in [-0.3, -0.25) is 4.79 Å². The summed E-state index contributed by atoms with van der Waals surface area (Å²) in [7, 11) is 1.45. The molecule has 19 heavy (non-hydrogen) atoms. The van der Waals surface area contributed by atoms with Crippen molar-refractivity contribution in [2.45, 2.75) is 51.1 Å². The Morgan fingerprint density at radius 2 is 2.42 bits per heavy atom. The second-order valence-corrected chi connectivity index (χ2v) is 6.28. The molecule has 2 rings (SSSR count). The van der Waals surface area contributed by atoms with Crippen LogP contribution in [0.25, 0.3) is 0 Å². The van der Waals surface area contributed by atoms with Gasteiger partial charge in [0.15, 0.2) is 0 Å². The highest BCUT2D eigenvalue weighted by molar-refractivity contribution is 7.10. The molecular weight excluding hydrogens is 258 g/mol. The van der Waals surface area contributed by atoms with Crippen molar-refractivity contribution in [2.24, 2.45) is 5.92 Å². The summed E-state index contributed by atoms with van der Waals surface area (Å²) >= 11 is 1.70. The maximum atomic E-state index is 11.6. The summed E-state index contributed by atoms with van der Waals surface area (Å²) in [5, 5.41) is 5.72. The van der Waals surface area contributed by atoms with Gasteiger partial charge in [-0.1, -0.05) is 19.4 Å². The van der Waals surface area contributed by atoms with Gasteiger partial charge in [-0.05, 0) is 36.6 Å². The van der Waals surface area contributed by atoms with Crippen molar-refractivity contribution in [3.8, 4) is 0 Å². The summed E-state index contributed by atoms with van der Waals surface area (Å²) in [4.78, 5) is 12.8. The van der Waals surface area contributed by atoms with Crippen molar-refractivity contribution in [3.05, 3.63) is 22.4 Å². The zero-order chi connectivity index (χ0) is 13.7. The second kappa shape index (κ2) is 7.06. The van der Waals surface area contributed by atoms with Crippen LogP contribution < -0.4 is 5.32 Å². The van der Waals surface area contributed by atoms with Crippen LogP contribution in [-0.4, -0.2) is 19.1 Å². The molecule has 0 spiro atoms. The fourth-order valence-corrected chi connectivity index (χ4v) is 3.65. The number of methoxy groups -OCH3 is 1. The van der Waals surface area contributed by atoms with Gasteiger partial charge in [0.05, 0.1) is 19.6 Å². The zero-order valence-electron chi connectivity index (χ0n) is 11.7. The minimum atomic E-state index is -0.143. The summed E-state index contributed by atoms with van der Waals surface area (Å²) in [6, 6.07) is 4.78. The van der Waals surface area contributed by atoms with Gasteiger partial charge in [-0.2, -0.15) is 0 Å². The molecule has 0 radical (unpaired) electrons. The van der Waals surface area contributed by atoms with E-state index in [2.05, 4.69) is 23.7 Å². The van der Waals surface area contributed by atoms with Crippen LogP contribution in [0.1, 0.15) is 49.9 Å². The average Bonchev–Trinajstić information content (AvgIpc) is 3.08. The molecule has 0 bridgehead atoms. The Labute approximate surface area is 119 Å². The van der Waals surface area contributed by atoms with Gasteiger partial charge < -0.3 is 10.1 Å². The van der Waals surface area contributed by atoms with Gasteiger partial charge in [0.2, 0.25) is 0 Å². The summed E-state index contributed by atoms with van der Waals surface area (Å²) < 4.78 is 4.81. The van der Waals surface area contributed by atoms with Crippen molar-refractivity contribution in [1.29, 1.82) is 0 Å². The monoisotopic (exact) mass is 281 g/mol. The average molecular weight is 281 g/mol. The first kappa shape index (κ1) is 14.5. The van der Waals surface area contributed by atoms with Crippen molar-refractivity contribution in [1.82, 2.24) is 5.32 Å². The Kier molecular flexibility index (Phi) is 5.40. The second-order valence-electron chi connectivity index (χ2n) is 5.30. The SMILES string of the molecule is CCC1CCC(NC(CC(=O)OC)c2cccs2)C1. The highest BCUT2D eigenvalue weighted by Gasteiger charge is 2.27. The molecule has 0 amide bonds. The Balaban J connectivity index is 1.96. The van der Waals surface area contributed by atoms with E-state index in [1.807, 2.05) is 6.07 Å². The van der Waals surface area contributed by atoms with E-state index in [1.165, 1.54) is 37.7 Å². The molecule has 1 fully saturated rings. The topological polar surface area (TPSA) is 38.3 Å². The van der Waals surface area contributed by atoms with Gasteiger partial charge in [-0.15, -0.1) is 11.3 Å². The number of hydrogen-bond acceptors (Lipinski definition) is 4. The van der Waals surface area contributed by atoms with Gasteiger partial charge >= 0.3 is 5.97 Å². The van der Waals surface area contributed by atoms with Crippen molar-refractivity contribution < 1.29 is 9.53 Å². The zero-order valence-corrected chi connectivity index (χ0v) is 12.5. The van der Waals surface area contributed by atoms with Crippen molar-refractivity contribution in [2.75, 3.05) is 7.11 Å². The van der Waals surface area contributed by atoms with Crippen LogP contribution in [0.3, 0.4) is 0 Å². The van der Waals surface area contributed by atoms with Crippen LogP contribution in [0, 0.1) is 5.92 Å². The Morgan fingerprint density at radius 3 is 3.00 bits per heavy atom. The van der Waals surface area contributed by atoms with E-state index in [0.29, 0.717) is 12.5 Å². The van der Waals surface area contributed by atoms with Gasteiger partial charge in [0.25, 0.3) is 0 Å². The molecule has 3 nitrogen and oxygen atoms in total. The number of carbonyl (C=O) groups is 1. The van der Waals surface area contributed by atoms with Crippen molar-refractivity contribution in [3.63, 3.8) is 0 Å². The van der Waals surface area contributed by atoms with E-state index in [-0.39, 0.29) is 12.0 Å². The maximum absolute atomic E-state index is 11.6. The standard InChI is InChI=1S/C15H23NO2S/c1-3-11-6-7-12(9-11)16-13(10-15(17)18-2)14-5-4-8-19-14/h4-5,8,11-13,16H,3,6-7,9-10H2,1-2H3. The summed E-state index contributed by atoms with van der Waals surface area (Å²) in [6.45, 7) is 2.26. The molecule has 1 N–H and O–H groups in total. The first-order valence-electron chi connectivity index (χ1n) is 7.09. The van der Waals surface area contributed by atoms with Gasteiger partial charge in [0.1, 0.15) is 0 Å². The van der Waals surface area contributed by atoms with E-state index < -0.39 is 0 Å². The van der Waals surface area contributed by atoms with E-state index in [0.717, 1.165) is 5.92 Å². The summed E-state index contributed by atoms with van der Waals surface area (Å²) in [6.07, 6.45) is 5.45. The van der Waals surface area contributed by atoms with E-state index in [1.54, 1.807) is 11.3 Å². The largest absolute Gasteiger partial charge is 0.469 e. The number of thiophene rings is 1. The first-order chi connectivity index (χ1) is 9.22. The Morgan fingerprint density at radius 1 is 1.58 bits per heavy atom. The third-order valence-electron chi connectivity index (χ3n) is 4.04. The fraction of sp³-hybridized carbons (Fsp3) is 0.667. The number of carbonyl (C=O) groups excluding carboxylic acids is 1. The van der Waals surface area contributed by atoms with Crippen LogP contribution in [0.15, 0.2) is 17.5 Å². The van der Waals surface area contributed by atoms with Crippen molar-refractivity contribution >= 4 is 17.3 Å². The lowest BCUT2D eigenvalue weighted by Crippen LogP contribution is -2.32. The molecule has 1 heterocycles. The van der Waals surface area contributed by atoms with Crippen LogP contribution >= 0.6 is 11.3 Å². The molecule has 1 aliphatic carbocycles. The number of nitrogens with one attached hydrogen (secondary N) is 1. The normalized spacial score (nSPS) is 24.3. The summed E-state index contributed by atoms with van der Waals surface area (Å²) in [5.74, 6) is 0.704. The Bertz CT molecular complexity index is 391. The van der Waals surface area contributed by atoms with Crippen LogP contribution in [0.4, 0.5) is 0 Å². The van der Waals surface area contributed by atoms with Gasteiger partial charge in [0, 0.05) is 10.9 Å². The number of esters is 1. The molecule has 1 aromatic rings. The lowest BCUT2D eigenvalue weighted by atomic mass is 10.0. The van der Waals surface area contributed by atoms with Crippen LogP contribution in [-0.2, 0) is 9.53 Å². The molecule has 1 saturated carbocycles. The van der Waals surface area contributed by atoms with E-state index in [9.17, 15) is 4.79 Å². The maximum Gasteiger partial charge on any atom is 0.307 e. The molecular formula is C15H23NO2S. The number of hydrogen-bond donors (Lipinski definition) is 1. The summed E-state index contributed by atoms with van der Waals surface area (Å²) in [5.41, 5.74) is 0. The molecule has 1 aliphatic rings. The highest BCUT2D eigenvalue weighted by atomic mass is 32.1. The van der Waals surface area contributed by atoms with Gasteiger partial charge in [-0.25, -0.2) is 0 Å². The third-order valence-corrected chi connectivity index (χ3v) is 5.03. The molecule has 0 saturated heterocycles. The highest BCUT2D eigenvalue weighted by Crippen LogP contribution is 2.31.